The van der Waals surface area contributed by atoms with Crippen LogP contribution in [-0.2, 0) is 60.3 Å². The van der Waals surface area contributed by atoms with Gasteiger partial charge in [0.25, 0.3) is 0 Å². The van der Waals surface area contributed by atoms with Crippen molar-refractivity contribution in [3.63, 3.8) is 0 Å². The Morgan fingerprint density at radius 2 is 1.45 bits per heavy atom. The Bertz CT molecular complexity index is 1590. The molecule has 12 heteroatoms. The van der Waals surface area contributed by atoms with Crippen LogP contribution in [0.15, 0.2) is 66.7 Å². The minimum Gasteiger partial charge on any atom is -0.497 e. The van der Waals surface area contributed by atoms with Crippen molar-refractivity contribution in [2.75, 3.05) is 13.7 Å². The Morgan fingerprint density at radius 1 is 0.818 bits per heavy atom. The summed E-state index contributed by atoms with van der Waals surface area (Å²) in [5, 5.41) is 0.0832. The van der Waals surface area contributed by atoms with E-state index in [0.717, 1.165) is 16.9 Å². The highest BCUT2D eigenvalue weighted by molar-refractivity contribution is 6.74. The van der Waals surface area contributed by atoms with E-state index in [-0.39, 0.29) is 29.1 Å². The van der Waals surface area contributed by atoms with E-state index in [0.29, 0.717) is 39.1 Å². The summed E-state index contributed by atoms with van der Waals surface area (Å²) in [5.74, 6) is -0.994. The molecule has 0 aliphatic carbocycles. The lowest BCUT2D eigenvalue weighted by molar-refractivity contribution is -0.250. The number of fused-ring (bicyclic) bond motifs is 1. The summed E-state index contributed by atoms with van der Waals surface area (Å²) >= 11 is 0. The van der Waals surface area contributed by atoms with E-state index in [1.54, 1.807) is 19.3 Å². The van der Waals surface area contributed by atoms with Gasteiger partial charge in [0.2, 0.25) is 0 Å². The predicted octanol–water partition coefficient (Wildman–Crippen LogP) is 7.65. The van der Waals surface area contributed by atoms with Gasteiger partial charge in [0.15, 0.2) is 32.0 Å². The monoisotopic (exact) mass is 782 g/mol. The third-order valence-electron chi connectivity index (χ3n) is 11.3. The van der Waals surface area contributed by atoms with Crippen LogP contribution in [0.5, 0.6) is 5.75 Å². The summed E-state index contributed by atoms with van der Waals surface area (Å²) in [6.45, 7) is 20.0. The quantitative estimate of drug-likeness (QED) is 0.124. The van der Waals surface area contributed by atoms with Gasteiger partial charge in [0, 0.05) is 12.8 Å². The van der Waals surface area contributed by atoms with E-state index < -0.39 is 56.7 Å². The fourth-order valence-electron chi connectivity index (χ4n) is 7.29. The molecular formula is C43H62O11Si. The standard InChI is InChI=1S/C43H62O11Si/c1-41(2,3)55(9,10)48-27-35-34(46-25-28-14-12-11-13-15-28)24-32(49-35)22-18-30(44)19-23-33-36(52-42(4,5)51-33)37-38-39(54-43(6,7)53-38)40(50-37)47-26-29-16-20-31(45-8)21-17-29/h11-17,19-21,23,32-40H,18,22,24-27H2,1-10H3/b23-19+/t32-,33-,34-,35-,36-,37+,38+,39+,40+/m0/s1. The maximum Gasteiger partial charge on any atom is 0.192 e. The van der Waals surface area contributed by atoms with Crippen molar-refractivity contribution >= 4 is 14.1 Å². The van der Waals surface area contributed by atoms with Gasteiger partial charge < -0.3 is 47.1 Å². The van der Waals surface area contributed by atoms with Crippen molar-refractivity contribution < 1.29 is 51.9 Å². The van der Waals surface area contributed by atoms with E-state index >= 15 is 0 Å². The van der Waals surface area contributed by atoms with E-state index in [1.807, 2.05) is 70.2 Å². The molecule has 0 bridgehead atoms. The number of ketones is 1. The van der Waals surface area contributed by atoms with Crippen LogP contribution in [0.25, 0.3) is 0 Å². The van der Waals surface area contributed by atoms with Crippen LogP contribution in [0.3, 0.4) is 0 Å². The van der Waals surface area contributed by atoms with Gasteiger partial charge in [0.1, 0.15) is 42.4 Å². The van der Waals surface area contributed by atoms with Crippen molar-refractivity contribution in [1.82, 2.24) is 0 Å². The number of carbonyl (C=O) groups is 1. The summed E-state index contributed by atoms with van der Waals surface area (Å²) in [4.78, 5) is 13.4. The Balaban J connectivity index is 1.06. The van der Waals surface area contributed by atoms with Gasteiger partial charge in [-0.15, -0.1) is 0 Å². The average molecular weight is 783 g/mol. The zero-order chi connectivity index (χ0) is 39.6. The molecule has 4 aliphatic rings. The van der Waals surface area contributed by atoms with Crippen LogP contribution in [-0.4, -0.2) is 94.5 Å². The first kappa shape index (κ1) is 42.1. The van der Waals surface area contributed by atoms with Crippen LogP contribution < -0.4 is 4.74 Å². The third kappa shape index (κ3) is 10.7. The normalized spacial score (nSPS) is 31.6. The summed E-state index contributed by atoms with van der Waals surface area (Å²) in [6.07, 6.45) is 1.20. The Labute approximate surface area is 328 Å². The first-order chi connectivity index (χ1) is 25.9. The fraction of sp³-hybridized carbons (Fsp3) is 0.651. The molecule has 304 valence electrons. The maximum atomic E-state index is 13.4. The van der Waals surface area contributed by atoms with Crippen LogP contribution in [0, 0.1) is 0 Å². The van der Waals surface area contributed by atoms with Crippen molar-refractivity contribution in [2.24, 2.45) is 0 Å². The minimum atomic E-state index is -1.99. The molecule has 0 spiro atoms. The summed E-state index contributed by atoms with van der Waals surface area (Å²) in [6, 6.07) is 17.8. The second-order valence-electron chi connectivity index (χ2n) is 17.6. The molecule has 2 aromatic rings. The molecule has 4 saturated heterocycles. The number of carbonyl (C=O) groups excluding carboxylic acids is 1. The number of methoxy groups -OCH3 is 1. The molecule has 11 nitrogen and oxygen atoms in total. The second-order valence-corrected chi connectivity index (χ2v) is 22.4. The molecule has 0 unspecified atom stereocenters. The summed E-state index contributed by atoms with van der Waals surface area (Å²) in [7, 11) is -0.355. The summed E-state index contributed by atoms with van der Waals surface area (Å²) in [5.41, 5.74) is 2.08. The van der Waals surface area contributed by atoms with E-state index in [9.17, 15) is 4.79 Å². The van der Waals surface area contributed by atoms with Crippen molar-refractivity contribution in [3.05, 3.63) is 77.9 Å². The molecule has 4 aliphatic heterocycles. The Hall–Kier alpha value is -2.49. The number of rotatable bonds is 16. The van der Waals surface area contributed by atoms with Crippen molar-refractivity contribution in [2.45, 2.75) is 166 Å². The van der Waals surface area contributed by atoms with E-state index in [1.165, 1.54) is 0 Å². The van der Waals surface area contributed by atoms with Gasteiger partial charge in [-0.3, -0.25) is 4.79 Å². The highest BCUT2D eigenvalue weighted by Crippen LogP contribution is 2.44. The van der Waals surface area contributed by atoms with Crippen LogP contribution in [0.2, 0.25) is 18.1 Å². The highest BCUT2D eigenvalue weighted by atomic mass is 28.4. The molecule has 55 heavy (non-hydrogen) atoms. The van der Waals surface area contributed by atoms with Crippen molar-refractivity contribution in [1.29, 1.82) is 0 Å². The second kappa shape index (κ2) is 17.2. The SMILES string of the molecule is COc1ccc(CO[C@@H]2O[C@H]([C@H]3OC(C)(C)O[C@H]3/C=C/C(=O)CC[C@H]3C[C@H](OCc4ccccc4)[C@H](CO[Si](C)(C)C(C)(C)C)O3)[C@H]3OC(C)(C)O[C@@H]23)cc1. The fourth-order valence-corrected chi connectivity index (χ4v) is 8.31. The van der Waals surface area contributed by atoms with Gasteiger partial charge in [-0.2, -0.15) is 0 Å². The highest BCUT2D eigenvalue weighted by Gasteiger charge is 2.61. The zero-order valence-electron chi connectivity index (χ0n) is 34.3. The molecule has 9 atom stereocenters. The van der Waals surface area contributed by atoms with Crippen LogP contribution >= 0.6 is 0 Å². The molecule has 0 radical (unpaired) electrons. The number of hydrogen-bond donors (Lipinski definition) is 0. The number of allylic oxidation sites excluding steroid dienone is 1. The molecule has 0 amide bonds. The molecule has 4 fully saturated rings. The Kier molecular flexibility index (Phi) is 13.1. The van der Waals surface area contributed by atoms with Gasteiger partial charge in [-0.25, -0.2) is 0 Å². The average Bonchev–Trinajstić information content (AvgIpc) is 3.86. The van der Waals surface area contributed by atoms with E-state index in [2.05, 4.69) is 46.0 Å². The van der Waals surface area contributed by atoms with Gasteiger partial charge in [0.05, 0.1) is 39.1 Å². The van der Waals surface area contributed by atoms with Crippen molar-refractivity contribution in [3.8, 4) is 5.75 Å². The lowest BCUT2D eigenvalue weighted by Gasteiger charge is -2.37. The first-order valence-electron chi connectivity index (χ1n) is 19.7. The smallest absolute Gasteiger partial charge is 0.192 e. The maximum absolute atomic E-state index is 13.4. The lowest BCUT2D eigenvalue weighted by Crippen LogP contribution is -2.44. The molecule has 4 heterocycles. The molecule has 0 saturated carbocycles. The number of benzene rings is 2. The number of hydrogen-bond acceptors (Lipinski definition) is 11. The first-order valence-corrected chi connectivity index (χ1v) is 22.6. The topological polar surface area (TPSA) is 109 Å². The Morgan fingerprint density at radius 3 is 2.15 bits per heavy atom. The molecule has 6 rings (SSSR count). The lowest BCUT2D eigenvalue weighted by atomic mass is 10.0. The number of ether oxygens (including phenoxy) is 9. The molecule has 0 N–H and O–H groups in total. The largest absolute Gasteiger partial charge is 0.497 e. The molecule has 2 aromatic carbocycles. The minimum absolute atomic E-state index is 0.0223. The summed E-state index contributed by atoms with van der Waals surface area (Å²) < 4.78 is 62.9. The molecule has 0 aromatic heterocycles. The zero-order valence-corrected chi connectivity index (χ0v) is 35.3. The van der Waals surface area contributed by atoms with Crippen LogP contribution in [0.1, 0.15) is 78.9 Å². The van der Waals surface area contributed by atoms with E-state index in [4.69, 9.17) is 47.1 Å². The van der Waals surface area contributed by atoms with Gasteiger partial charge >= 0.3 is 0 Å². The molecular weight excluding hydrogens is 721 g/mol. The predicted molar refractivity (Wildman–Crippen MR) is 209 cm³/mol. The third-order valence-corrected chi connectivity index (χ3v) is 15.8. The van der Waals surface area contributed by atoms with Crippen LogP contribution in [0.4, 0.5) is 0 Å². The van der Waals surface area contributed by atoms with Gasteiger partial charge in [-0.05, 0) is 87.7 Å². The van der Waals surface area contributed by atoms with Gasteiger partial charge in [-0.1, -0.05) is 63.2 Å².